The summed E-state index contributed by atoms with van der Waals surface area (Å²) in [5, 5.41) is 12.5. The van der Waals surface area contributed by atoms with Crippen molar-refractivity contribution in [3.8, 4) is 0 Å². The molecule has 0 saturated carbocycles. The van der Waals surface area contributed by atoms with Gasteiger partial charge in [0.05, 0.1) is 9.82 Å². The third-order valence-electron chi connectivity index (χ3n) is 5.68. The Morgan fingerprint density at radius 2 is 1.75 bits per heavy atom. The van der Waals surface area contributed by atoms with Crippen molar-refractivity contribution in [2.45, 2.75) is 17.4 Å². The number of nitro benzene ring substituents is 1. The Hall–Kier alpha value is -2.53. The van der Waals surface area contributed by atoms with Crippen molar-refractivity contribution in [1.29, 1.82) is 0 Å². The first kappa shape index (κ1) is 22.7. The molecule has 32 heavy (non-hydrogen) atoms. The highest BCUT2D eigenvalue weighted by Crippen LogP contribution is 2.28. The molecule has 1 saturated heterocycles. The van der Waals surface area contributed by atoms with Crippen molar-refractivity contribution >= 4 is 55.7 Å². The van der Waals surface area contributed by atoms with Crippen LogP contribution < -0.4 is 0 Å². The molecule has 0 spiro atoms. The van der Waals surface area contributed by atoms with Crippen molar-refractivity contribution < 1.29 is 13.3 Å². The minimum atomic E-state index is -3.73. The van der Waals surface area contributed by atoms with Crippen molar-refractivity contribution in [2.24, 2.45) is 0 Å². The Balaban J connectivity index is 1.63. The van der Waals surface area contributed by atoms with Gasteiger partial charge in [0.25, 0.3) is 5.69 Å². The fraction of sp³-hybridized carbons (Fsp3) is 0.227. The van der Waals surface area contributed by atoms with E-state index in [2.05, 4.69) is 12.6 Å². The van der Waals surface area contributed by atoms with E-state index in [-0.39, 0.29) is 23.2 Å². The van der Waals surface area contributed by atoms with Crippen LogP contribution in [0, 0.1) is 10.1 Å². The third kappa shape index (κ3) is 4.49. The molecule has 0 N–H and O–H groups in total. The number of benzene rings is 3. The van der Waals surface area contributed by atoms with Gasteiger partial charge >= 0.3 is 0 Å². The zero-order chi connectivity index (χ0) is 22.9. The van der Waals surface area contributed by atoms with Gasteiger partial charge in [0.15, 0.2) is 0 Å². The molecule has 0 amide bonds. The van der Waals surface area contributed by atoms with Crippen molar-refractivity contribution in [3.63, 3.8) is 0 Å². The minimum absolute atomic E-state index is 0.0131. The Kier molecular flexibility index (Phi) is 6.47. The van der Waals surface area contributed by atoms with Crippen LogP contribution in [0.5, 0.6) is 0 Å². The van der Waals surface area contributed by atoms with Gasteiger partial charge in [0, 0.05) is 43.2 Å². The van der Waals surface area contributed by atoms with Gasteiger partial charge in [-0.1, -0.05) is 60.7 Å². The molecule has 10 heteroatoms. The molecule has 0 aliphatic carbocycles. The van der Waals surface area contributed by atoms with E-state index in [1.54, 1.807) is 24.3 Å². The zero-order valence-electron chi connectivity index (χ0n) is 17.0. The highest BCUT2D eigenvalue weighted by Gasteiger charge is 2.35. The van der Waals surface area contributed by atoms with Gasteiger partial charge in [-0.15, -0.1) is 12.6 Å². The molecule has 0 aromatic heterocycles. The average molecular weight is 488 g/mol. The molecule has 1 heterocycles. The standard InChI is InChI=1S/C22H21N3O4S3/c26-25(27)18-10-8-16(9-11-18)14-19-15-23(12-13-24(19)22(30)31)32(28,29)21-7-3-5-17-4-1-2-6-20(17)21/h1-11,19H,12-15H2,(H,30,31). The van der Waals surface area contributed by atoms with Crippen LogP contribution in [0.2, 0.25) is 0 Å². The maximum Gasteiger partial charge on any atom is 0.269 e. The van der Waals surface area contributed by atoms with E-state index < -0.39 is 14.9 Å². The Morgan fingerprint density at radius 1 is 1.06 bits per heavy atom. The second-order valence-electron chi connectivity index (χ2n) is 7.60. The van der Waals surface area contributed by atoms with Gasteiger partial charge in [-0.3, -0.25) is 10.1 Å². The third-order valence-corrected chi connectivity index (χ3v) is 8.09. The largest absolute Gasteiger partial charge is 0.352 e. The van der Waals surface area contributed by atoms with E-state index in [1.807, 2.05) is 35.2 Å². The summed E-state index contributed by atoms with van der Waals surface area (Å²) >= 11 is 9.62. The van der Waals surface area contributed by atoms with E-state index in [1.165, 1.54) is 16.4 Å². The molecule has 7 nitrogen and oxygen atoms in total. The molecule has 3 aromatic rings. The van der Waals surface area contributed by atoms with Crippen LogP contribution in [0.4, 0.5) is 5.69 Å². The summed E-state index contributed by atoms with van der Waals surface area (Å²) in [5.41, 5.74) is 0.874. The van der Waals surface area contributed by atoms with E-state index in [0.717, 1.165) is 10.9 Å². The highest BCUT2D eigenvalue weighted by atomic mass is 32.2. The summed E-state index contributed by atoms with van der Waals surface area (Å²) in [5.74, 6) is 0. The fourth-order valence-electron chi connectivity index (χ4n) is 4.06. The van der Waals surface area contributed by atoms with Gasteiger partial charge in [-0.05, 0) is 23.4 Å². The number of rotatable bonds is 5. The number of piperazine rings is 1. The number of nitrogens with zero attached hydrogens (tertiary/aromatic N) is 3. The first-order valence-electron chi connectivity index (χ1n) is 9.98. The first-order chi connectivity index (χ1) is 15.3. The number of sulfonamides is 1. The van der Waals surface area contributed by atoms with Gasteiger partial charge < -0.3 is 4.90 Å². The molecule has 1 fully saturated rings. The summed E-state index contributed by atoms with van der Waals surface area (Å²) in [6.45, 7) is 0.955. The number of fused-ring (bicyclic) bond motifs is 1. The van der Waals surface area contributed by atoms with Crippen LogP contribution in [0.25, 0.3) is 10.8 Å². The minimum Gasteiger partial charge on any atom is -0.352 e. The molecule has 1 aliphatic rings. The summed E-state index contributed by atoms with van der Waals surface area (Å²) in [4.78, 5) is 12.7. The molecule has 0 radical (unpaired) electrons. The number of non-ortho nitro benzene ring substituents is 1. The van der Waals surface area contributed by atoms with Crippen LogP contribution in [-0.2, 0) is 16.4 Å². The van der Waals surface area contributed by atoms with E-state index in [0.29, 0.717) is 29.2 Å². The lowest BCUT2D eigenvalue weighted by Gasteiger charge is -2.41. The van der Waals surface area contributed by atoms with E-state index in [4.69, 9.17) is 12.2 Å². The van der Waals surface area contributed by atoms with E-state index >= 15 is 0 Å². The molecule has 4 rings (SSSR count). The van der Waals surface area contributed by atoms with Gasteiger partial charge in [-0.2, -0.15) is 4.31 Å². The fourth-order valence-corrected chi connectivity index (χ4v) is 6.24. The summed E-state index contributed by atoms with van der Waals surface area (Å²) in [7, 11) is -3.73. The van der Waals surface area contributed by atoms with Crippen molar-refractivity contribution in [1.82, 2.24) is 9.21 Å². The Bertz CT molecular complexity index is 1270. The summed E-state index contributed by atoms with van der Waals surface area (Å²) in [6, 6.07) is 18.7. The van der Waals surface area contributed by atoms with Crippen LogP contribution in [-0.4, -0.2) is 52.5 Å². The number of thiol groups is 1. The Labute approximate surface area is 197 Å². The van der Waals surface area contributed by atoms with Gasteiger partial charge in [-0.25, -0.2) is 8.42 Å². The molecule has 1 aliphatic heterocycles. The molecule has 1 atom stereocenters. The lowest BCUT2D eigenvalue weighted by Crippen LogP contribution is -2.56. The molecular formula is C22H21N3O4S3. The lowest BCUT2D eigenvalue weighted by molar-refractivity contribution is -0.384. The smallest absolute Gasteiger partial charge is 0.269 e. The number of hydrogen-bond donors (Lipinski definition) is 1. The van der Waals surface area contributed by atoms with Crippen LogP contribution in [0.15, 0.2) is 71.6 Å². The first-order valence-corrected chi connectivity index (χ1v) is 12.3. The molecule has 166 valence electrons. The summed E-state index contributed by atoms with van der Waals surface area (Å²) < 4.78 is 29.0. The Morgan fingerprint density at radius 3 is 2.44 bits per heavy atom. The lowest BCUT2D eigenvalue weighted by atomic mass is 10.0. The average Bonchev–Trinajstić information content (AvgIpc) is 2.78. The highest BCUT2D eigenvalue weighted by molar-refractivity contribution is 8.10. The van der Waals surface area contributed by atoms with Gasteiger partial charge in [0.2, 0.25) is 10.0 Å². The number of nitro groups is 1. The van der Waals surface area contributed by atoms with Crippen LogP contribution in [0.3, 0.4) is 0 Å². The second kappa shape index (κ2) is 9.14. The quantitative estimate of drug-likeness (QED) is 0.255. The van der Waals surface area contributed by atoms with E-state index in [9.17, 15) is 18.5 Å². The van der Waals surface area contributed by atoms with Crippen LogP contribution >= 0.6 is 24.8 Å². The maximum atomic E-state index is 13.6. The monoisotopic (exact) mass is 487 g/mol. The molecule has 3 aromatic carbocycles. The van der Waals surface area contributed by atoms with Crippen molar-refractivity contribution in [2.75, 3.05) is 19.6 Å². The predicted octanol–water partition coefficient (Wildman–Crippen LogP) is 3.88. The topological polar surface area (TPSA) is 83.8 Å². The predicted molar refractivity (Wildman–Crippen MR) is 132 cm³/mol. The molecule has 1 unspecified atom stereocenters. The van der Waals surface area contributed by atoms with Crippen LogP contribution in [0.1, 0.15) is 5.56 Å². The second-order valence-corrected chi connectivity index (χ2v) is 10.6. The maximum absolute atomic E-state index is 13.6. The normalized spacial score (nSPS) is 17.4. The number of hydrogen-bond acceptors (Lipinski definition) is 5. The molecular weight excluding hydrogens is 466 g/mol. The zero-order valence-corrected chi connectivity index (χ0v) is 19.5. The SMILES string of the molecule is O=[N+]([O-])c1ccc(CC2CN(S(=O)(=O)c3cccc4ccccc34)CCN2C(=S)S)cc1. The summed E-state index contributed by atoms with van der Waals surface area (Å²) in [6.07, 6.45) is 0.486. The number of thiocarbonyl (C=S) groups is 1. The van der Waals surface area contributed by atoms with Gasteiger partial charge in [0.1, 0.15) is 4.32 Å². The van der Waals surface area contributed by atoms with Crippen molar-refractivity contribution in [3.05, 3.63) is 82.4 Å². The molecule has 0 bridgehead atoms.